The Labute approximate surface area is 184 Å². The van der Waals surface area contributed by atoms with Crippen LogP contribution in [0.5, 0.6) is 11.5 Å². The molecule has 6 heteroatoms. The van der Waals surface area contributed by atoms with E-state index in [2.05, 4.69) is 4.98 Å². The number of esters is 1. The molecule has 0 spiro atoms. The number of methoxy groups -OCH3 is 1. The molecule has 0 saturated carbocycles. The predicted octanol–water partition coefficient (Wildman–Crippen LogP) is 5.37. The molecule has 1 N–H and O–H groups in total. The van der Waals surface area contributed by atoms with Crippen LogP contribution >= 0.6 is 11.6 Å². The van der Waals surface area contributed by atoms with E-state index in [0.717, 1.165) is 16.9 Å². The number of carbonyl (C=O) groups is 1. The van der Waals surface area contributed by atoms with Crippen molar-refractivity contribution in [1.82, 2.24) is 4.98 Å². The van der Waals surface area contributed by atoms with E-state index < -0.39 is 5.97 Å². The van der Waals surface area contributed by atoms with Gasteiger partial charge in [-0.2, -0.15) is 0 Å². The summed E-state index contributed by atoms with van der Waals surface area (Å²) >= 11 is 6.07. The first-order chi connectivity index (χ1) is 14.9. The fraction of sp³-hybridized carbons (Fsp3) is 0.120. The number of aromatic nitrogens is 1. The summed E-state index contributed by atoms with van der Waals surface area (Å²) in [5.74, 6) is 0.522. The molecule has 4 rings (SSSR count). The normalized spacial score (nSPS) is 10.8. The van der Waals surface area contributed by atoms with Gasteiger partial charge in [0.05, 0.1) is 18.2 Å². The summed E-state index contributed by atoms with van der Waals surface area (Å²) in [6.45, 7) is 1.31. The fourth-order valence-corrected chi connectivity index (χ4v) is 3.74. The van der Waals surface area contributed by atoms with E-state index in [1.54, 1.807) is 25.3 Å². The van der Waals surface area contributed by atoms with Crippen LogP contribution in [0.1, 0.15) is 18.1 Å². The Hall–Kier alpha value is -3.57. The molecule has 0 aliphatic heterocycles. The lowest BCUT2D eigenvalue weighted by Crippen LogP contribution is -2.14. The molecule has 4 aromatic rings. The van der Waals surface area contributed by atoms with Crippen molar-refractivity contribution in [2.45, 2.75) is 13.3 Å². The van der Waals surface area contributed by atoms with Crippen molar-refractivity contribution in [3.63, 3.8) is 0 Å². The van der Waals surface area contributed by atoms with Crippen molar-refractivity contribution < 1.29 is 14.3 Å². The van der Waals surface area contributed by atoms with Crippen molar-refractivity contribution in [2.75, 3.05) is 7.11 Å². The Morgan fingerprint density at radius 3 is 2.48 bits per heavy atom. The van der Waals surface area contributed by atoms with Crippen LogP contribution in [0.2, 0.25) is 5.02 Å². The summed E-state index contributed by atoms with van der Waals surface area (Å²) in [5, 5.41) is 1.08. The van der Waals surface area contributed by atoms with Crippen molar-refractivity contribution in [3.8, 4) is 22.6 Å². The van der Waals surface area contributed by atoms with Gasteiger partial charge in [0.15, 0.2) is 5.75 Å². The number of rotatable bonds is 5. The van der Waals surface area contributed by atoms with Gasteiger partial charge in [-0.15, -0.1) is 0 Å². The number of halogens is 1. The van der Waals surface area contributed by atoms with Crippen molar-refractivity contribution in [3.05, 3.63) is 93.2 Å². The highest BCUT2D eigenvalue weighted by atomic mass is 35.5. The second-order valence-electron chi connectivity index (χ2n) is 7.17. The summed E-state index contributed by atoms with van der Waals surface area (Å²) in [4.78, 5) is 27.6. The summed E-state index contributed by atoms with van der Waals surface area (Å²) in [6, 6.07) is 20.5. The van der Waals surface area contributed by atoms with Gasteiger partial charge in [-0.05, 0) is 53.4 Å². The first-order valence-corrected chi connectivity index (χ1v) is 10.1. The quantitative estimate of drug-likeness (QED) is 0.429. The molecule has 5 nitrogen and oxygen atoms in total. The lowest BCUT2D eigenvalue weighted by Gasteiger charge is -2.13. The molecule has 0 bridgehead atoms. The molecular formula is C25H20ClNO4. The van der Waals surface area contributed by atoms with Crippen LogP contribution in [0.4, 0.5) is 0 Å². The number of ether oxygens (including phenoxy) is 2. The number of carbonyl (C=O) groups excluding carboxylic acids is 1. The van der Waals surface area contributed by atoms with Crippen molar-refractivity contribution in [1.29, 1.82) is 0 Å². The Bertz CT molecular complexity index is 1330. The van der Waals surface area contributed by atoms with Crippen LogP contribution in [-0.4, -0.2) is 18.1 Å². The molecule has 31 heavy (non-hydrogen) atoms. The molecule has 0 aliphatic rings. The molecule has 0 unspecified atom stereocenters. The summed E-state index contributed by atoms with van der Waals surface area (Å²) in [5.41, 5.74) is 3.26. The number of hydrogen-bond acceptors (Lipinski definition) is 4. The van der Waals surface area contributed by atoms with Gasteiger partial charge < -0.3 is 14.5 Å². The minimum Gasteiger partial charge on any atom is -0.497 e. The van der Waals surface area contributed by atoms with Crippen molar-refractivity contribution in [2.24, 2.45) is 0 Å². The monoisotopic (exact) mass is 433 g/mol. The predicted molar refractivity (Wildman–Crippen MR) is 122 cm³/mol. The zero-order valence-corrected chi connectivity index (χ0v) is 17.8. The molecule has 1 heterocycles. The van der Waals surface area contributed by atoms with Crippen molar-refractivity contribution >= 4 is 28.5 Å². The third kappa shape index (κ3) is 4.47. The molecular weight excluding hydrogens is 414 g/mol. The molecule has 156 valence electrons. The topological polar surface area (TPSA) is 68.4 Å². The molecule has 0 aliphatic carbocycles. The third-order valence-corrected chi connectivity index (χ3v) is 5.19. The second kappa shape index (κ2) is 8.66. The Kier molecular flexibility index (Phi) is 5.78. The Morgan fingerprint density at radius 2 is 1.77 bits per heavy atom. The fourth-order valence-electron chi connectivity index (χ4n) is 3.57. The molecule has 0 atom stereocenters. The van der Waals surface area contributed by atoms with Gasteiger partial charge in [0, 0.05) is 17.3 Å². The van der Waals surface area contributed by atoms with E-state index in [4.69, 9.17) is 21.1 Å². The minimum atomic E-state index is -0.502. The third-order valence-electron chi connectivity index (χ3n) is 4.96. The molecule has 0 fully saturated rings. The lowest BCUT2D eigenvalue weighted by atomic mass is 9.98. The number of benzene rings is 3. The van der Waals surface area contributed by atoms with Crippen LogP contribution < -0.4 is 15.0 Å². The number of pyridine rings is 1. The Morgan fingerprint density at radius 1 is 1.00 bits per heavy atom. The van der Waals surface area contributed by atoms with Crippen LogP contribution in [0.25, 0.3) is 22.0 Å². The molecule has 3 aromatic carbocycles. The van der Waals surface area contributed by atoms with Gasteiger partial charge in [0.2, 0.25) is 0 Å². The molecule has 1 aromatic heterocycles. The minimum absolute atomic E-state index is 0.226. The average Bonchev–Trinajstić information content (AvgIpc) is 2.74. The number of hydrogen-bond donors (Lipinski definition) is 1. The largest absolute Gasteiger partial charge is 0.497 e. The molecule has 0 amide bonds. The highest BCUT2D eigenvalue weighted by molar-refractivity contribution is 6.31. The summed E-state index contributed by atoms with van der Waals surface area (Å²) < 4.78 is 10.7. The number of aromatic amines is 1. The van der Waals surface area contributed by atoms with E-state index in [1.807, 2.05) is 48.5 Å². The van der Waals surface area contributed by atoms with Gasteiger partial charge >= 0.3 is 5.97 Å². The van der Waals surface area contributed by atoms with E-state index in [0.29, 0.717) is 33.5 Å². The maximum absolute atomic E-state index is 13.0. The van der Waals surface area contributed by atoms with Gasteiger partial charge in [0.25, 0.3) is 5.56 Å². The zero-order chi connectivity index (χ0) is 22.0. The smallest absolute Gasteiger partial charge is 0.308 e. The van der Waals surface area contributed by atoms with E-state index in [9.17, 15) is 9.59 Å². The van der Waals surface area contributed by atoms with E-state index in [1.165, 1.54) is 6.92 Å². The maximum atomic E-state index is 13.0. The Balaban J connectivity index is 1.81. The first-order valence-electron chi connectivity index (χ1n) is 9.71. The first kappa shape index (κ1) is 20.7. The second-order valence-corrected chi connectivity index (χ2v) is 7.60. The van der Waals surface area contributed by atoms with E-state index >= 15 is 0 Å². The molecule has 0 radical (unpaired) electrons. The maximum Gasteiger partial charge on any atom is 0.308 e. The molecule has 0 saturated heterocycles. The van der Waals surface area contributed by atoms with Crippen LogP contribution in [-0.2, 0) is 11.2 Å². The number of H-pyrrole nitrogens is 1. The van der Waals surface area contributed by atoms with Crippen LogP contribution in [0.3, 0.4) is 0 Å². The van der Waals surface area contributed by atoms with E-state index in [-0.39, 0.29) is 11.3 Å². The van der Waals surface area contributed by atoms with Crippen LogP contribution in [0.15, 0.2) is 71.5 Å². The standard InChI is InChI=1S/C25H20ClNO4/c1-15(28)31-24-21-11-8-19(26)14-22(21)27-25(29)23(24)18-5-3-4-17(13-18)12-16-6-9-20(30-2)10-7-16/h3-11,13-14H,12H2,1-2H3,(H,27,29). The highest BCUT2D eigenvalue weighted by Crippen LogP contribution is 2.35. The van der Waals surface area contributed by atoms with Crippen LogP contribution in [0, 0.1) is 0 Å². The van der Waals surface area contributed by atoms with Gasteiger partial charge in [-0.1, -0.05) is 48.0 Å². The lowest BCUT2D eigenvalue weighted by molar-refractivity contribution is -0.131. The van der Waals surface area contributed by atoms with Gasteiger partial charge in [-0.25, -0.2) is 0 Å². The highest BCUT2D eigenvalue weighted by Gasteiger charge is 2.18. The van der Waals surface area contributed by atoms with Gasteiger partial charge in [0.1, 0.15) is 5.75 Å². The average molecular weight is 434 g/mol. The summed E-state index contributed by atoms with van der Waals surface area (Å²) in [6.07, 6.45) is 0.682. The summed E-state index contributed by atoms with van der Waals surface area (Å²) in [7, 11) is 1.63. The SMILES string of the molecule is COc1ccc(Cc2cccc(-c3c(OC(C)=O)c4ccc(Cl)cc4[nH]c3=O)c2)cc1. The van der Waals surface area contributed by atoms with Gasteiger partial charge in [-0.3, -0.25) is 9.59 Å². The number of nitrogens with one attached hydrogen (secondary N) is 1. The zero-order valence-electron chi connectivity index (χ0n) is 17.1. The number of fused-ring (bicyclic) bond motifs is 1.